The van der Waals surface area contributed by atoms with Crippen molar-refractivity contribution in [2.75, 3.05) is 23.4 Å². The van der Waals surface area contributed by atoms with Crippen LogP contribution in [-0.2, 0) is 16.1 Å². The van der Waals surface area contributed by atoms with Crippen molar-refractivity contribution in [3.63, 3.8) is 0 Å². The van der Waals surface area contributed by atoms with Crippen LogP contribution in [0.25, 0.3) is 10.2 Å². The molecule has 0 saturated carbocycles. The van der Waals surface area contributed by atoms with Gasteiger partial charge in [0, 0.05) is 0 Å². The lowest BCUT2D eigenvalue weighted by atomic mass is 10.2. The number of hydrogen-bond acceptors (Lipinski definition) is 9. The quantitative estimate of drug-likeness (QED) is 0.453. The Morgan fingerprint density at radius 2 is 2.15 bits per heavy atom. The van der Waals surface area contributed by atoms with Gasteiger partial charge in [-0.05, 0) is 30.9 Å². The Morgan fingerprint density at radius 1 is 1.33 bits per heavy atom. The predicted molar refractivity (Wildman–Crippen MR) is 105 cm³/mol. The van der Waals surface area contributed by atoms with Crippen LogP contribution < -0.4 is 11.1 Å². The number of amides is 1. The molecular weight excluding hydrogens is 388 g/mol. The number of nitrogens with one attached hydrogen (secondary N) is 1. The van der Waals surface area contributed by atoms with E-state index in [4.69, 9.17) is 10.5 Å². The number of hydrogen-bond donors (Lipinski definition) is 2. The molecule has 2 heterocycles. The summed E-state index contributed by atoms with van der Waals surface area (Å²) in [5.74, 6) is 0.288. The van der Waals surface area contributed by atoms with E-state index in [1.165, 1.54) is 23.1 Å². The van der Waals surface area contributed by atoms with Gasteiger partial charge in [-0.1, -0.05) is 30.0 Å². The van der Waals surface area contributed by atoms with Crippen molar-refractivity contribution in [1.29, 1.82) is 0 Å². The van der Waals surface area contributed by atoms with E-state index >= 15 is 0 Å². The summed E-state index contributed by atoms with van der Waals surface area (Å²) < 4.78 is 7.39. The molecule has 3 aromatic rings. The van der Waals surface area contributed by atoms with E-state index in [0.29, 0.717) is 28.0 Å². The summed E-state index contributed by atoms with van der Waals surface area (Å²) in [7, 11) is 0. The summed E-state index contributed by atoms with van der Waals surface area (Å²) in [5.41, 5.74) is 6.82. The predicted octanol–water partition coefficient (Wildman–Crippen LogP) is 2.40. The van der Waals surface area contributed by atoms with E-state index in [9.17, 15) is 9.59 Å². The second-order valence-electron chi connectivity index (χ2n) is 5.33. The van der Waals surface area contributed by atoms with Gasteiger partial charge in [-0.15, -0.1) is 10.2 Å². The van der Waals surface area contributed by atoms with E-state index in [2.05, 4.69) is 20.5 Å². The van der Waals surface area contributed by atoms with Crippen LogP contribution >= 0.6 is 23.1 Å². The van der Waals surface area contributed by atoms with Crippen molar-refractivity contribution in [3.05, 3.63) is 23.8 Å². The number of aromatic nitrogens is 4. The molecule has 0 aliphatic carbocycles. The highest BCUT2D eigenvalue weighted by Gasteiger charge is 2.15. The molecule has 142 valence electrons. The SMILES string of the molecule is CCOC(=O)c1ccc2sc(NC(=O)Cn3c(N)nnc3SCC)nc2c1. The fourth-order valence-corrected chi connectivity index (χ4v) is 3.84. The van der Waals surface area contributed by atoms with Crippen molar-refractivity contribution in [3.8, 4) is 0 Å². The molecule has 1 amide bonds. The average molecular weight is 406 g/mol. The molecule has 9 nitrogen and oxygen atoms in total. The zero-order chi connectivity index (χ0) is 19.4. The lowest BCUT2D eigenvalue weighted by molar-refractivity contribution is -0.116. The first-order valence-electron chi connectivity index (χ1n) is 8.20. The van der Waals surface area contributed by atoms with Gasteiger partial charge in [0.1, 0.15) is 6.54 Å². The standard InChI is InChI=1S/C16H18N6O3S2/c1-3-25-13(24)9-5-6-11-10(7-9)18-15(27-11)19-12(23)8-22-14(17)20-21-16(22)26-4-2/h5-7H,3-4,8H2,1-2H3,(H2,17,20)(H,18,19,23). The first kappa shape index (κ1) is 19.1. The minimum Gasteiger partial charge on any atom is -0.462 e. The fourth-order valence-electron chi connectivity index (χ4n) is 2.31. The third-order valence-corrected chi connectivity index (χ3v) is 5.27. The molecule has 0 radical (unpaired) electrons. The molecule has 2 aromatic heterocycles. The molecule has 0 fully saturated rings. The highest BCUT2D eigenvalue weighted by Crippen LogP contribution is 2.27. The molecule has 27 heavy (non-hydrogen) atoms. The first-order chi connectivity index (χ1) is 13.0. The molecule has 0 aliphatic heterocycles. The fraction of sp³-hybridized carbons (Fsp3) is 0.312. The van der Waals surface area contributed by atoms with E-state index in [1.807, 2.05) is 6.92 Å². The van der Waals surface area contributed by atoms with E-state index in [-0.39, 0.29) is 18.4 Å². The number of carbonyl (C=O) groups excluding carboxylic acids is 2. The molecule has 3 N–H and O–H groups in total. The zero-order valence-corrected chi connectivity index (χ0v) is 16.4. The van der Waals surface area contributed by atoms with Crippen LogP contribution in [0.2, 0.25) is 0 Å². The molecule has 1 aromatic carbocycles. The normalized spacial score (nSPS) is 10.9. The van der Waals surface area contributed by atoms with Crippen LogP contribution in [-0.4, -0.2) is 44.0 Å². The maximum absolute atomic E-state index is 12.4. The van der Waals surface area contributed by atoms with Gasteiger partial charge in [-0.3, -0.25) is 9.36 Å². The number of carbonyl (C=O) groups is 2. The van der Waals surface area contributed by atoms with Gasteiger partial charge in [0.15, 0.2) is 10.3 Å². The topological polar surface area (TPSA) is 125 Å². The van der Waals surface area contributed by atoms with E-state index < -0.39 is 5.97 Å². The highest BCUT2D eigenvalue weighted by molar-refractivity contribution is 7.99. The summed E-state index contributed by atoms with van der Waals surface area (Å²) in [6, 6.07) is 5.10. The Labute approximate surface area is 163 Å². The molecule has 0 bridgehead atoms. The summed E-state index contributed by atoms with van der Waals surface area (Å²) in [6.07, 6.45) is 0. The van der Waals surface area contributed by atoms with Crippen molar-refractivity contribution in [1.82, 2.24) is 19.7 Å². The number of nitrogens with zero attached hydrogens (tertiary/aromatic N) is 4. The number of nitrogen functional groups attached to an aromatic ring is 1. The summed E-state index contributed by atoms with van der Waals surface area (Å²) >= 11 is 2.77. The second-order valence-corrected chi connectivity index (χ2v) is 7.59. The Hall–Kier alpha value is -2.66. The number of ether oxygens (including phenoxy) is 1. The van der Waals surface area contributed by atoms with Crippen LogP contribution in [0.15, 0.2) is 23.4 Å². The Kier molecular flexibility index (Phi) is 5.91. The first-order valence-corrected chi connectivity index (χ1v) is 10.0. The lowest BCUT2D eigenvalue weighted by Crippen LogP contribution is -2.20. The third-order valence-electron chi connectivity index (χ3n) is 3.47. The number of thiazole rings is 1. The third kappa shape index (κ3) is 4.37. The molecule has 0 saturated heterocycles. The van der Waals surface area contributed by atoms with Gasteiger partial charge in [0.05, 0.1) is 22.4 Å². The lowest BCUT2D eigenvalue weighted by Gasteiger charge is -2.06. The van der Waals surface area contributed by atoms with Crippen molar-refractivity contribution < 1.29 is 14.3 Å². The van der Waals surface area contributed by atoms with Crippen molar-refractivity contribution >= 4 is 56.3 Å². The Morgan fingerprint density at radius 3 is 2.89 bits per heavy atom. The van der Waals surface area contributed by atoms with Gasteiger partial charge < -0.3 is 15.8 Å². The Bertz CT molecular complexity index is 984. The summed E-state index contributed by atoms with van der Waals surface area (Å²) in [5, 5.41) is 11.5. The van der Waals surface area contributed by atoms with Crippen molar-refractivity contribution in [2.24, 2.45) is 0 Å². The molecule has 0 aliphatic rings. The largest absolute Gasteiger partial charge is 0.462 e. The monoisotopic (exact) mass is 406 g/mol. The Balaban J connectivity index is 1.73. The van der Waals surface area contributed by atoms with Crippen LogP contribution in [0.1, 0.15) is 24.2 Å². The summed E-state index contributed by atoms with van der Waals surface area (Å²) in [4.78, 5) is 28.6. The number of rotatable bonds is 7. The number of thioether (sulfide) groups is 1. The average Bonchev–Trinajstić information content (AvgIpc) is 3.19. The zero-order valence-electron chi connectivity index (χ0n) is 14.8. The number of anilines is 2. The number of nitrogens with two attached hydrogens (primary N) is 1. The minimum atomic E-state index is -0.401. The smallest absolute Gasteiger partial charge is 0.338 e. The highest BCUT2D eigenvalue weighted by atomic mass is 32.2. The van der Waals surface area contributed by atoms with Gasteiger partial charge in [-0.25, -0.2) is 9.78 Å². The molecular formula is C16H18N6O3S2. The maximum Gasteiger partial charge on any atom is 0.338 e. The number of esters is 1. The van der Waals surface area contributed by atoms with Gasteiger partial charge >= 0.3 is 5.97 Å². The van der Waals surface area contributed by atoms with Crippen LogP contribution in [0.4, 0.5) is 11.1 Å². The number of fused-ring (bicyclic) bond motifs is 1. The molecule has 0 spiro atoms. The van der Waals surface area contributed by atoms with Crippen molar-refractivity contribution in [2.45, 2.75) is 25.5 Å². The van der Waals surface area contributed by atoms with Crippen LogP contribution in [0.5, 0.6) is 0 Å². The molecule has 11 heteroatoms. The minimum absolute atomic E-state index is 0.00876. The van der Waals surface area contributed by atoms with Crippen LogP contribution in [0.3, 0.4) is 0 Å². The van der Waals surface area contributed by atoms with Crippen LogP contribution in [0, 0.1) is 0 Å². The summed E-state index contributed by atoms with van der Waals surface area (Å²) in [6.45, 7) is 4.02. The van der Waals surface area contributed by atoms with E-state index in [1.54, 1.807) is 29.7 Å². The maximum atomic E-state index is 12.4. The van der Waals surface area contributed by atoms with Gasteiger partial charge in [0.25, 0.3) is 0 Å². The molecule has 3 rings (SSSR count). The molecule has 0 atom stereocenters. The molecule has 0 unspecified atom stereocenters. The van der Waals surface area contributed by atoms with Gasteiger partial charge in [0.2, 0.25) is 11.9 Å². The second kappa shape index (κ2) is 8.35. The van der Waals surface area contributed by atoms with Gasteiger partial charge in [-0.2, -0.15) is 0 Å². The number of benzene rings is 1. The van der Waals surface area contributed by atoms with E-state index in [0.717, 1.165) is 10.5 Å².